The lowest BCUT2D eigenvalue weighted by atomic mass is 9.76. The smallest absolute Gasteiger partial charge is 0.259 e. The Labute approximate surface area is 198 Å². The number of carbonyl (C=O) groups excluding carboxylic acids is 1. The monoisotopic (exact) mass is 461 g/mol. The molecule has 34 heavy (non-hydrogen) atoms. The SMILES string of the molecule is Cc1ccc(Oc2ncccc2C(=O)N2CCC3(CC2)CO[C@@H](Cc2cccc(F)c2)C3)cn1. The molecule has 2 aromatic heterocycles. The van der Waals surface area contributed by atoms with Crippen molar-refractivity contribution in [2.45, 2.75) is 38.7 Å². The van der Waals surface area contributed by atoms with E-state index >= 15 is 0 Å². The number of benzene rings is 1. The van der Waals surface area contributed by atoms with Gasteiger partial charge >= 0.3 is 0 Å². The number of pyridine rings is 2. The van der Waals surface area contributed by atoms with E-state index in [1.54, 1.807) is 36.7 Å². The summed E-state index contributed by atoms with van der Waals surface area (Å²) in [6.45, 7) is 3.92. The van der Waals surface area contributed by atoms with Crippen LogP contribution >= 0.6 is 0 Å². The van der Waals surface area contributed by atoms with Crippen LogP contribution in [0.4, 0.5) is 4.39 Å². The molecular weight excluding hydrogens is 433 g/mol. The maximum Gasteiger partial charge on any atom is 0.259 e. The van der Waals surface area contributed by atoms with Crippen molar-refractivity contribution in [1.82, 2.24) is 14.9 Å². The fraction of sp³-hybridized carbons (Fsp3) is 0.370. The number of hydrogen-bond donors (Lipinski definition) is 0. The van der Waals surface area contributed by atoms with E-state index < -0.39 is 0 Å². The Morgan fingerprint density at radius 3 is 2.79 bits per heavy atom. The molecule has 0 bridgehead atoms. The van der Waals surface area contributed by atoms with E-state index in [4.69, 9.17) is 9.47 Å². The Kier molecular flexibility index (Phi) is 6.28. The number of nitrogens with zero attached hydrogens (tertiary/aromatic N) is 3. The molecule has 2 aliphatic heterocycles. The zero-order chi connectivity index (χ0) is 23.5. The van der Waals surface area contributed by atoms with E-state index in [2.05, 4.69) is 9.97 Å². The number of halogens is 1. The van der Waals surface area contributed by atoms with Crippen molar-refractivity contribution in [3.8, 4) is 11.6 Å². The summed E-state index contributed by atoms with van der Waals surface area (Å²) in [5.74, 6) is 0.545. The van der Waals surface area contributed by atoms with Gasteiger partial charge in [-0.3, -0.25) is 9.78 Å². The largest absolute Gasteiger partial charge is 0.437 e. The van der Waals surface area contributed by atoms with Crippen molar-refractivity contribution in [3.05, 3.63) is 83.6 Å². The van der Waals surface area contributed by atoms with Crippen molar-refractivity contribution in [2.24, 2.45) is 5.41 Å². The predicted octanol–water partition coefficient (Wildman–Crippen LogP) is 4.97. The van der Waals surface area contributed by atoms with Crippen LogP contribution in [0.2, 0.25) is 0 Å². The first kappa shape index (κ1) is 22.5. The number of hydrogen-bond acceptors (Lipinski definition) is 5. The predicted molar refractivity (Wildman–Crippen MR) is 125 cm³/mol. The molecule has 176 valence electrons. The topological polar surface area (TPSA) is 64.5 Å². The first-order valence-electron chi connectivity index (χ1n) is 11.7. The van der Waals surface area contributed by atoms with Crippen LogP contribution in [0.15, 0.2) is 60.9 Å². The van der Waals surface area contributed by atoms with Crippen molar-refractivity contribution in [2.75, 3.05) is 19.7 Å². The molecule has 1 spiro atoms. The summed E-state index contributed by atoms with van der Waals surface area (Å²) in [5, 5.41) is 0. The number of likely N-dealkylation sites (tertiary alicyclic amines) is 1. The van der Waals surface area contributed by atoms with E-state index in [9.17, 15) is 9.18 Å². The van der Waals surface area contributed by atoms with E-state index in [-0.39, 0.29) is 29.1 Å². The Balaban J connectivity index is 1.21. The summed E-state index contributed by atoms with van der Waals surface area (Å²) in [6, 6.07) is 13.9. The molecule has 4 heterocycles. The Morgan fingerprint density at radius 1 is 1.18 bits per heavy atom. The number of carbonyl (C=O) groups is 1. The molecule has 5 rings (SSSR count). The molecule has 2 saturated heterocycles. The fourth-order valence-electron chi connectivity index (χ4n) is 4.92. The maximum absolute atomic E-state index is 13.5. The van der Waals surface area contributed by atoms with E-state index in [1.165, 1.54) is 6.07 Å². The molecule has 7 heteroatoms. The molecule has 3 aromatic rings. The highest BCUT2D eigenvalue weighted by Gasteiger charge is 2.43. The zero-order valence-electron chi connectivity index (χ0n) is 19.2. The Morgan fingerprint density at radius 2 is 2.03 bits per heavy atom. The average Bonchev–Trinajstić information content (AvgIpc) is 3.22. The third kappa shape index (κ3) is 4.94. The van der Waals surface area contributed by atoms with Crippen molar-refractivity contribution in [1.29, 1.82) is 0 Å². The molecule has 0 aliphatic carbocycles. The molecule has 6 nitrogen and oxygen atoms in total. The lowest BCUT2D eigenvalue weighted by Crippen LogP contribution is -2.43. The van der Waals surface area contributed by atoms with Gasteiger partial charge in [0.2, 0.25) is 5.88 Å². The molecule has 0 saturated carbocycles. The minimum absolute atomic E-state index is 0.0757. The molecule has 2 aliphatic rings. The molecule has 1 amide bonds. The van der Waals surface area contributed by atoms with Gasteiger partial charge in [-0.15, -0.1) is 0 Å². The van der Waals surface area contributed by atoms with Crippen LogP contribution in [0.25, 0.3) is 0 Å². The normalized spacial score (nSPS) is 19.4. The van der Waals surface area contributed by atoms with Gasteiger partial charge in [0.15, 0.2) is 0 Å². The summed E-state index contributed by atoms with van der Waals surface area (Å²) < 4.78 is 25.5. The van der Waals surface area contributed by atoms with Crippen LogP contribution in [0.5, 0.6) is 11.6 Å². The van der Waals surface area contributed by atoms with Crippen LogP contribution in [0.3, 0.4) is 0 Å². The second-order valence-electron chi connectivity index (χ2n) is 9.36. The fourth-order valence-corrected chi connectivity index (χ4v) is 4.92. The van der Waals surface area contributed by atoms with Crippen molar-refractivity contribution in [3.63, 3.8) is 0 Å². The molecule has 0 N–H and O–H groups in total. The minimum Gasteiger partial charge on any atom is -0.437 e. The summed E-state index contributed by atoms with van der Waals surface area (Å²) in [4.78, 5) is 23.7. The summed E-state index contributed by atoms with van der Waals surface area (Å²) in [5.41, 5.74) is 2.38. The minimum atomic E-state index is -0.213. The van der Waals surface area contributed by atoms with Gasteiger partial charge in [0.05, 0.1) is 18.9 Å². The molecule has 1 atom stereocenters. The van der Waals surface area contributed by atoms with Crippen LogP contribution in [0, 0.1) is 18.2 Å². The molecule has 1 aromatic carbocycles. The standard InChI is InChI=1S/C27H28FN3O3/c1-19-7-8-22(17-30-19)34-25-24(6-3-11-29-25)26(32)31-12-9-27(10-13-31)16-23(33-18-27)15-20-4-2-5-21(28)14-20/h2-8,11,14,17,23H,9-10,12-13,15-16,18H2,1H3/t23-/m0/s1. The first-order valence-corrected chi connectivity index (χ1v) is 11.7. The first-order chi connectivity index (χ1) is 16.5. The number of piperidine rings is 1. The highest BCUT2D eigenvalue weighted by atomic mass is 19.1. The van der Waals surface area contributed by atoms with Gasteiger partial charge in [-0.2, -0.15) is 0 Å². The number of ether oxygens (including phenoxy) is 2. The number of rotatable bonds is 5. The second kappa shape index (κ2) is 9.50. The lowest BCUT2D eigenvalue weighted by Gasteiger charge is -2.38. The zero-order valence-corrected chi connectivity index (χ0v) is 19.2. The van der Waals surface area contributed by atoms with Crippen LogP contribution < -0.4 is 4.74 Å². The van der Waals surface area contributed by atoms with Gasteiger partial charge in [0.1, 0.15) is 17.1 Å². The van der Waals surface area contributed by atoms with Crippen LogP contribution in [-0.4, -0.2) is 46.6 Å². The van der Waals surface area contributed by atoms with Gasteiger partial charge in [0, 0.05) is 25.0 Å². The Hall–Kier alpha value is -3.32. The van der Waals surface area contributed by atoms with Gasteiger partial charge in [-0.25, -0.2) is 9.37 Å². The van der Waals surface area contributed by atoms with Gasteiger partial charge in [0.25, 0.3) is 5.91 Å². The van der Waals surface area contributed by atoms with Gasteiger partial charge in [-0.1, -0.05) is 12.1 Å². The van der Waals surface area contributed by atoms with E-state index in [1.807, 2.05) is 30.0 Å². The highest BCUT2D eigenvalue weighted by molar-refractivity contribution is 5.96. The van der Waals surface area contributed by atoms with E-state index in [0.717, 1.165) is 30.5 Å². The van der Waals surface area contributed by atoms with Crippen molar-refractivity contribution >= 4 is 5.91 Å². The van der Waals surface area contributed by atoms with Crippen LogP contribution in [0.1, 0.15) is 40.9 Å². The lowest BCUT2D eigenvalue weighted by molar-refractivity contribution is 0.0494. The molecule has 2 fully saturated rings. The molecule has 0 radical (unpaired) electrons. The van der Waals surface area contributed by atoms with Gasteiger partial charge in [-0.05, 0) is 80.0 Å². The van der Waals surface area contributed by atoms with Crippen molar-refractivity contribution < 1.29 is 18.7 Å². The number of aryl methyl sites for hydroxylation is 1. The maximum atomic E-state index is 13.5. The van der Waals surface area contributed by atoms with Crippen LogP contribution in [-0.2, 0) is 11.2 Å². The average molecular weight is 462 g/mol. The summed E-state index contributed by atoms with van der Waals surface area (Å²) in [7, 11) is 0. The third-order valence-corrected chi connectivity index (χ3v) is 6.85. The quantitative estimate of drug-likeness (QED) is 0.537. The Bertz CT molecular complexity index is 1160. The molecular formula is C27H28FN3O3. The van der Waals surface area contributed by atoms with Gasteiger partial charge < -0.3 is 14.4 Å². The molecule has 0 unspecified atom stereocenters. The number of aromatic nitrogens is 2. The highest BCUT2D eigenvalue weighted by Crippen LogP contribution is 2.43. The summed E-state index contributed by atoms with van der Waals surface area (Å²) >= 11 is 0. The second-order valence-corrected chi connectivity index (χ2v) is 9.36. The third-order valence-electron chi connectivity index (χ3n) is 6.85. The van der Waals surface area contributed by atoms with E-state index in [0.29, 0.717) is 37.4 Å². The summed E-state index contributed by atoms with van der Waals surface area (Å²) in [6.07, 6.45) is 6.76. The number of amides is 1.